The molecule has 1 aliphatic rings. The second-order valence-corrected chi connectivity index (χ2v) is 6.89. The van der Waals surface area contributed by atoms with Gasteiger partial charge in [0.05, 0.1) is 12.2 Å². The highest BCUT2D eigenvalue weighted by molar-refractivity contribution is 14.0. The van der Waals surface area contributed by atoms with Gasteiger partial charge in [0.1, 0.15) is 5.82 Å². The van der Waals surface area contributed by atoms with Gasteiger partial charge in [0.25, 0.3) is 0 Å². The van der Waals surface area contributed by atoms with Crippen molar-refractivity contribution in [1.29, 1.82) is 0 Å². The van der Waals surface area contributed by atoms with Crippen LogP contribution in [0.25, 0.3) is 0 Å². The van der Waals surface area contributed by atoms with E-state index in [0.29, 0.717) is 12.5 Å². The van der Waals surface area contributed by atoms with Gasteiger partial charge in [-0.1, -0.05) is 36.4 Å². The van der Waals surface area contributed by atoms with E-state index in [-0.39, 0.29) is 24.0 Å². The molecule has 1 aromatic heterocycles. The summed E-state index contributed by atoms with van der Waals surface area (Å²) >= 11 is 0. The minimum Gasteiger partial charge on any atom is -0.363 e. The van der Waals surface area contributed by atoms with E-state index in [1.165, 1.54) is 12.0 Å². The smallest absolute Gasteiger partial charge is 0.194 e. The Labute approximate surface area is 179 Å². The molecule has 146 valence electrons. The molecule has 0 aliphatic carbocycles. The van der Waals surface area contributed by atoms with Gasteiger partial charge < -0.3 is 15.1 Å². The molecule has 3 rings (SSSR count). The lowest BCUT2D eigenvalue weighted by Crippen LogP contribution is -2.40. The second-order valence-electron chi connectivity index (χ2n) is 6.89. The van der Waals surface area contributed by atoms with Crippen LogP contribution in [0.2, 0.25) is 0 Å². The number of halogens is 1. The van der Waals surface area contributed by atoms with Crippen LogP contribution < -0.4 is 10.2 Å². The highest BCUT2D eigenvalue weighted by Gasteiger charge is 2.25. The number of hydrogen-bond acceptors (Lipinski definition) is 3. The SMILES string of the molecule is CCNC(=NCc1cccc(N(C)C)n1)N1CCC(c2ccccc2)C1.I. The van der Waals surface area contributed by atoms with Crippen LogP contribution >= 0.6 is 24.0 Å². The zero-order valence-electron chi connectivity index (χ0n) is 16.4. The van der Waals surface area contributed by atoms with Crippen molar-refractivity contribution in [1.82, 2.24) is 15.2 Å². The first kappa shape index (κ1) is 21.5. The van der Waals surface area contributed by atoms with Crippen LogP contribution in [0, 0.1) is 0 Å². The topological polar surface area (TPSA) is 43.8 Å². The maximum atomic E-state index is 4.84. The normalized spacial score (nSPS) is 16.8. The van der Waals surface area contributed by atoms with Crippen molar-refractivity contribution in [3.63, 3.8) is 0 Å². The fourth-order valence-electron chi connectivity index (χ4n) is 3.34. The Morgan fingerprint density at radius 3 is 2.67 bits per heavy atom. The molecule has 1 atom stereocenters. The zero-order valence-corrected chi connectivity index (χ0v) is 18.8. The van der Waals surface area contributed by atoms with Crippen LogP contribution in [0.5, 0.6) is 0 Å². The summed E-state index contributed by atoms with van der Waals surface area (Å²) in [4.78, 5) is 13.9. The van der Waals surface area contributed by atoms with Crippen molar-refractivity contribution in [3.8, 4) is 0 Å². The van der Waals surface area contributed by atoms with Gasteiger partial charge in [-0.3, -0.25) is 0 Å². The van der Waals surface area contributed by atoms with Crippen molar-refractivity contribution >= 4 is 35.8 Å². The van der Waals surface area contributed by atoms with E-state index in [9.17, 15) is 0 Å². The summed E-state index contributed by atoms with van der Waals surface area (Å²) in [6.45, 7) is 5.63. The summed E-state index contributed by atoms with van der Waals surface area (Å²) in [6, 6.07) is 16.9. The van der Waals surface area contributed by atoms with Gasteiger partial charge in [0, 0.05) is 39.6 Å². The van der Waals surface area contributed by atoms with Gasteiger partial charge in [-0.15, -0.1) is 24.0 Å². The van der Waals surface area contributed by atoms with Crippen LogP contribution in [0.1, 0.15) is 30.5 Å². The van der Waals surface area contributed by atoms with E-state index < -0.39 is 0 Å². The molecule has 0 saturated carbocycles. The zero-order chi connectivity index (χ0) is 18.4. The summed E-state index contributed by atoms with van der Waals surface area (Å²) in [6.07, 6.45) is 1.17. The van der Waals surface area contributed by atoms with Crippen LogP contribution in [-0.2, 0) is 6.54 Å². The number of rotatable bonds is 5. The van der Waals surface area contributed by atoms with E-state index in [2.05, 4.69) is 52.5 Å². The van der Waals surface area contributed by atoms with E-state index in [1.807, 2.05) is 37.2 Å². The average molecular weight is 479 g/mol. The maximum absolute atomic E-state index is 4.84. The summed E-state index contributed by atoms with van der Waals surface area (Å²) in [5.41, 5.74) is 2.41. The molecule has 5 nitrogen and oxygen atoms in total. The van der Waals surface area contributed by atoms with Crippen molar-refractivity contribution in [2.75, 3.05) is 38.6 Å². The van der Waals surface area contributed by atoms with Crippen LogP contribution in [0.4, 0.5) is 5.82 Å². The van der Waals surface area contributed by atoms with Crippen molar-refractivity contribution in [3.05, 3.63) is 59.8 Å². The molecule has 1 aromatic carbocycles. The maximum Gasteiger partial charge on any atom is 0.194 e. The quantitative estimate of drug-likeness (QED) is 0.404. The van der Waals surface area contributed by atoms with E-state index in [1.54, 1.807) is 0 Å². The highest BCUT2D eigenvalue weighted by atomic mass is 127. The Hall–Kier alpha value is -1.83. The average Bonchev–Trinajstić information content (AvgIpc) is 3.16. The number of aromatic nitrogens is 1. The predicted octanol–water partition coefficient (Wildman–Crippen LogP) is 3.72. The molecule has 0 radical (unpaired) electrons. The largest absolute Gasteiger partial charge is 0.363 e. The van der Waals surface area contributed by atoms with Gasteiger partial charge in [-0.2, -0.15) is 0 Å². The minimum absolute atomic E-state index is 0. The number of aliphatic imine (C=N–C) groups is 1. The number of pyridine rings is 1. The third kappa shape index (κ3) is 5.82. The van der Waals surface area contributed by atoms with Crippen molar-refractivity contribution < 1.29 is 0 Å². The first-order valence-electron chi connectivity index (χ1n) is 9.39. The Bertz CT molecular complexity index is 732. The van der Waals surface area contributed by atoms with Gasteiger partial charge >= 0.3 is 0 Å². The number of anilines is 1. The Morgan fingerprint density at radius 1 is 1.19 bits per heavy atom. The van der Waals surface area contributed by atoms with Crippen molar-refractivity contribution in [2.24, 2.45) is 4.99 Å². The molecule has 6 heteroatoms. The summed E-state index contributed by atoms with van der Waals surface area (Å²) in [5.74, 6) is 2.53. The fraction of sp³-hybridized carbons (Fsp3) is 0.429. The van der Waals surface area contributed by atoms with E-state index in [4.69, 9.17) is 4.99 Å². The molecule has 0 amide bonds. The molecule has 2 heterocycles. The predicted molar refractivity (Wildman–Crippen MR) is 124 cm³/mol. The van der Waals surface area contributed by atoms with Crippen LogP contribution in [0.3, 0.4) is 0 Å². The lowest BCUT2D eigenvalue weighted by atomic mass is 9.99. The van der Waals surface area contributed by atoms with Gasteiger partial charge in [-0.05, 0) is 31.0 Å². The first-order valence-corrected chi connectivity index (χ1v) is 9.39. The molecule has 1 fully saturated rings. The summed E-state index contributed by atoms with van der Waals surface area (Å²) in [5, 5.41) is 3.44. The number of hydrogen-bond donors (Lipinski definition) is 1. The Morgan fingerprint density at radius 2 is 1.96 bits per heavy atom. The monoisotopic (exact) mass is 479 g/mol. The number of guanidine groups is 1. The molecule has 2 aromatic rings. The number of benzene rings is 1. The molecule has 0 bridgehead atoms. The molecule has 0 spiro atoms. The lowest BCUT2D eigenvalue weighted by Gasteiger charge is -2.22. The summed E-state index contributed by atoms with van der Waals surface area (Å²) < 4.78 is 0. The third-order valence-electron chi connectivity index (χ3n) is 4.73. The molecule has 1 saturated heterocycles. The first-order chi connectivity index (χ1) is 12.7. The standard InChI is InChI=1S/C21H29N5.HI/c1-4-22-21(23-15-19-11-8-12-20(24-19)25(2)3)26-14-13-18(16-26)17-9-6-5-7-10-17;/h5-12,18H,4,13-16H2,1-3H3,(H,22,23);1H. The molecule has 1 unspecified atom stereocenters. The van der Waals surface area contributed by atoms with E-state index in [0.717, 1.165) is 37.1 Å². The van der Waals surface area contributed by atoms with Gasteiger partial charge in [0.2, 0.25) is 0 Å². The number of likely N-dealkylation sites (tertiary alicyclic amines) is 1. The second kappa shape index (κ2) is 10.5. The molecule has 27 heavy (non-hydrogen) atoms. The van der Waals surface area contributed by atoms with Crippen LogP contribution in [-0.4, -0.2) is 49.6 Å². The Kier molecular flexibility index (Phi) is 8.34. The van der Waals surface area contributed by atoms with Gasteiger partial charge in [0.15, 0.2) is 5.96 Å². The lowest BCUT2D eigenvalue weighted by molar-refractivity contribution is 0.486. The molecule has 1 aliphatic heterocycles. The minimum atomic E-state index is 0. The van der Waals surface area contributed by atoms with Crippen LogP contribution in [0.15, 0.2) is 53.5 Å². The van der Waals surface area contributed by atoms with Crippen molar-refractivity contribution in [2.45, 2.75) is 25.8 Å². The fourth-order valence-corrected chi connectivity index (χ4v) is 3.34. The Balaban J connectivity index is 0.00000261. The summed E-state index contributed by atoms with van der Waals surface area (Å²) in [7, 11) is 4.01. The molecular weight excluding hydrogens is 449 g/mol. The van der Waals surface area contributed by atoms with Gasteiger partial charge in [-0.25, -0.2) is 9.98 Å². The third-order valence-corrected chi connectivity index (χ3v) is 4.73. The molecular formula is C21H30IN5. The highest BCUT2D eigenvalue weighted by Crippen LogP contribution is 2.27. The number of nitrogens with zero attached hydrogens (tertiary/aromatic N) is 4. The molecule has 1 N–H and O–H groups in total. The van der Waals surface area contributed by atoms with E-state index >= 15 is 0 Å². The number of nitrogens with one attached hydrogen (secondary N) is 1.